The highest BCUT2D eigenvalue weighted by Crippen LogP contribution is 2.11. The van der Waals surface area contributed by atoms with E-state index in [0.717, 1.165) is 19.3 Å². The number of unbranched alkanes of at least 4 members (excludes halogenated alkanes) is 19. The summed E-state index contributed by atoms with van der Waals surface area (Å²) in [5.41, 5.74) is 0. The van der Waals surface area contributed by atoms with E-state index >= 15 is 0 Å². The molecule has 0 rings (SSSR count). The molecule has 0 saturated heterocycles. The van der Waals surface area contributed by atoms with Gasteiger partial charge >= 0.3 is 5.97 Å². The molecule has 0 N–H and O–H groups in total. The van der Waals surface area contributed by atoms with Crippen molar-refractivity contribution in [1.82, 2.24) is 0 Å². The first-order valence-corrected chi connectivity index (χ1v) is 15.3. The molecule has 0 aliphatic rings. The highest BCUT2D eigenvalue weighted by atomic mass is 16.5. The summed E-state index contributed by atoms with van der Waals surface area (Å²) in [6.45, 7) is 5.13. The molecule has 0 aliphatic heterocycles. The van der Waals surface area contributed by atoms with Gasteiger partial charge < -0.3 is 4.74 Å². The van der Waals surface area contributed by atoms with Crippen molar-refractivity contribution in [3.63, 3.8) is 0 Å². The van der Waals surface area contributed by atoms with Crippen molar-refractivity contribution in [3.05, 3.63) is 24.3 Å². The maximum atomic E-state index is 11.8. The van der Waals surface area contributed by atoms with Gasteiger partial charge in [0, 0.05) is 6.42 Å². The molecule has 2 heteroatoms. The van der Waals surface area contributed by atoms with Crippen LogP contribution in [0.4, 0.5) is 0 Å². The van der Waals surface area contributed by atoms with Crippen LogP contribution in [0.2, 0.25) is 0 Å². The summed E-state index contributed by atoms with van der Waals surface area (Å²) in [5.74, 6) is 0.00611. The van der Waals surface area contributed by atoms with Gasteiger partial charge in [0.15, 0.2) is 0 Å². The monoisotopic (exact) mass is 476 g/mol. The first-order valence-electron chi connectivity index (χ1n) is 15.3. The third kappa shape index (κ3) is 29.0. The van der Waals surface area contributed by atoms with Crippen LogP contribution >= 0.6 is 0 Å². The SMILES string of the molecule is CCCC/C=C\CCCCCCCC(=O)OCCCCCCCC/C=C\CCCCCCCC. The smallest absolute Gasteiger partial charge is 0.305 e. The molecule has 0 unspecified atom stereocenters. The van der Waals surface area contributed by atoms with E-state index in [1.54, 1.807) is 0 Å². The topological polar surface area (TPSA) is 26.3 Å². The van der Waals surface area contributed by atoms with Gasteiger partial charge in [0.05, 0.1) is 6.61 Å². The Labute approximate surface area is 214 Å². The fourth-order valence-electron chi connectivity index (χ4n) is 4.23. The van der Waals surface area contributed by atoms with Gasteiger partial charge in [-0.2, -0.15) is 0 Å². The lowest BCUT2D eigenvalue weighted by atomic mass is 10.1. The van der Waals surface area contributed by atoms with E-state index in [2.05, 4.69) is 38.2 Å². The van der Waals surface area contributed by atoms with Crippen LogP contribution in [-0.2, 0) is 9.53 Å². The van der Waals surface area contributed by atoms with Crippen molar-refractivity contribution in [2.45, 2.75) is 168 Å². The third-order valence-corrected chi connectivity index (χ3v) is 6.56. The average Bonchev–Trinajstić information content (AvgIpc) is 2.84. The molecule has 2 nitrogen and oxygen atoms in total. The largest absolute Gasteiger partial charge is 0.466 e. The second-order valence-electron chi connectivity index (χ2n) is 10.1. The van der Waals surface area contributed by atoms with Crippen molar-refractivity contribution in [2.24, 2.45) is 0 Å². The van der Waals surface area contributed by atoms with E-state index in [-0.39, 0.29) is 5.97 Å². The summed E-state index contributed by atoms with van der Waals surface area (Å²) in [5, 5.41) is 0. The number of allylic oxidation sites excluding steroid dienone is 4. The molecule has 0 heterocycles. The minimum Gasteiger partial charge on any atom is -0.466 e. The van der Waals surface area contributed by atoms with Crippen LogP contribution in [0.3, 0.4) is 0 Å². The zero-order valence-electron chi connectivity index (χ0n) is 23.3. The number of hydrogen-bond acceptors (Lipinski definition) is 2. The van der Waals surface area contributed by atoms with Gasteiger partial charge in [-0.15, -0.1) is 0 Å². The normalized spacial score (nSPS) is 11.7. The molecular formula is C32H60O2. The lowest BCUT2D eigenvalue weighted by Crippen LogP contribution is -2.05. The molecule has 0 fully saturated rings. The van der Waals surface area contributed by atoms with Gasteiger partial charge in [-0.05, 0) is 57.8 Å². The lowest BCUT2D eigenvalue weighted by Gasteiger charge is -2.05. The number of hydrogen-bond donors (Lipinski definition) is 0. The van der Waals surface area contributed by atoms with Crippen LogP contribution in [0.1, 0.15) is 168 Å². The summed E-state index contributed by atoms with van der Waals surface area (Å²) in [6.07, 6.45) is 39.3. The molecule has 0 spiro atoms. The standard InChI is InChI=1S/C32H60O2/c1-3-5-7-9-11-13-15-16-17-18-19-21-23-25-27-29-31-34-32(33)30-28-26-24-22-20-14-12-10-8-6-4-2/h10,12,16-17H,3-9,11,13-15,18-31H2,1-2H3/b12-10-,17-16-. The molecule has 0 radical (unpaired) electrons. The molecule has 0 aromatic rings. The Morgan fingerprint density at radius 1 is 0.471 bits per heavy atom. The molecular weight excluding hydrogens is 416 g/mol. The second kappa shape index (κ2) is 30.0. The Balaban J connectivity index is 3.22. The van der Waals surface area contributed by atoms with Gasteiger partial charge in [-0.25, -0.2) is 0 Å². The number of ether oxygens (including phenoxy) is 1. The van der Waals surface area contributed by atoms with Crippen LogP contribution in [0.5, 0.6) is 0 Å². The van der Waals surface area contributed by atoms with Crippen LogP contribution in [0.15, 0.2) is 24.3 Å². The van der Waals surface area contributed by atoms with Crippen molar-refractivity contribution in [3.8, 4) is 0 Å². The van der Waals surface area contributed by atoms with Gasteiger partial charge in [-0.1, -0.05) is 128 Å². The first kappa shape index (κ1) is 33.0. The zero-order valence-corrected chi connectivity index (χ0v) is 23.3. The molecule has 0 aromatic heterocycles. The number of carbonyl (C=O) groups excluding carboxylic acids is 1. The van der Waals surface area contributed by atoms with Crippen LogP contribution in [-0.4, -0.2) is 12.6 Å². The fourth-order valence-corrected chi connectivity index (χ4v) is 4.23. The van der Waals surface area contributed by atoms with Crippen molar-refractivity contribution >= 4 is 5.97 Å². The molecule has 0 aliphatic carbocycles. The van der Waals surface area contributed by atoms with Gasteiger partial charge in [0.25, 0.3) is 0 Å². The summed E-state index contributed by atoms with van der Waals surface area (Å²) < 4.78 is 5.40. The van der Waals surface area contributed by atoms with Crippen LogP contribution in [0, 0.1) is 0 Å². The van der Waals surface area contributed by atoms with E-state index in [1.807, 2.05) is 0 Å². The van der Waals surface area contributed by atoms with E-state index < -0.39 is 0 Å². The summed E-state index contributed by atoms with van der Waals surface area (Å²) >= 11 is 0. The molecule has 200 valence electrons. The minimum absolute atomic E-state index is 0.00611. The van der Waals surface area contributed by atoms with Crippen LogP contribution < -0.4 is 0 Å². The van der Waals surface area contributed by atoms with Crippen molar-refractivity contribution in [2.75, 3.05) is 6.61 Å². The fraction of sp³-hybridized carbons (Fsp3) is 0.844. The number of esters is 1. The van der Waals surface area contributed by atoms with E-state index in [0.29, 0.717) is 13.0 Å². The number of carbonyl (C=O) groups is 1. The maximum Gasteiger partial charge on any atom is 0.305 e. The quantitative estimate of drug-likeness (QED) is 0.0669. The summed E-state index contributed by atoms with van der Waals surface area (Å²) in [4.78, 5) is 11.8. The Hall–Kier alpha value is -1.05. The Morgan fingerprint density at radius 3 is 1.35 bits per heavy atom. The highest BCUT2D eigenvalue weighted by Gasteiger charge is 2.02. The second-order valence-corrected chi connectivity index (χ2v) is 10.1. The Kier molecular flexibility index (Phi) is 29.1. The maximum absolute atomic E-state index is 11.8. The Morgan fingerprint density at radius 2 is 0.853 bits per heavy atom. The minimum atomic E-state index is 0.00611. The predicted molar refractivity (Wildman–Crippen MR) is 151 cm³/mol. The summed E-state index contributed by atoms with van der Waals surface area (Å²) in [7, 11) is 0. The molecule has 34 heavy (non-hydrogen) atoms. The van der Waals surface area contributed by atoms with Gasteiger partial charge in [0.2, 0.25) is 0 Å². The average molecular weight is 477 g/mol. The van der Waals surface area contributed by atoms with E-state index in [1.165, 1.54) is 128 Å². The third-order valence-electron chi connectivity index (χ3n) is 6.56. The predicted octanol–water partition coefficient (Wildman–Crippen LogP) is 11.0. The zero-order chi connectivity index (χ0) is 24.8. The lowest BCUT2D eigenvalue weighted by molar-refractivity contribution is -0.143. The van der Waals surface area contributed by atoms with Crippen molar-refractivity contribution in [1.29, 1.82) is 0 Å². The molecule has 0 amide bonds. The van der Waals surface area contributed by atoms with Gasteiger partial charge in [0.1, 0.15) is 0 Å². The molecule has 0 saturated carbocycles. The highest BCUT2D eigenvalue weighted by molar-refractivity contribution is 5.69. The van der Waals surface area contributed by atoms with E-state index in [4.69, 9.17) is 4.74 Å². The molecule has 0 bridgehead atoms. The first-order chi connectivity index (χ1) is 16.8. The van der Waals surface area contributed by atoms with E-state index in [9.17, 15) is 4.79 Å². The molecule has 0 aromatic carbocycles. The van der Waals surface area contributed by atoms with Crippen molar-refractivity contribution < 1.29 is 9.53 Å². The molecule has 0 atom stereocenters. The Bertz CT molecular complexity index is 452. The van der Waals surface area contributed by atoms with Crippen LogP contribution in [0.25, 0.3) is 0 Å². The summed E-state index contributed by atoms with van der Waals surface area (Å²) in [6, 6.07) is 0. The van der Waals surface area contributed by atoms with Gasteiger partial charge in [-0.3, -0.25) is 4.79 Å². The number of rotatable bonds is 27.